The van der Waals surface area contributed by atoms with Gasteiger partial charge in [-0.1, -0.05) is 36.4 Å². The molecular formula is C14H13FN2O2. The van der Waals surface area contributed by atoms with Crippen LogP contribution in [0.25, 0.3) is 0 Å². The van der Waals surface area contributed by atoms with Crippen molar-refractivity contribution in [1.82, 2.24) is 5.32 Å². The fraction of sp³-hybridized carbons (Fsp3) is 0. The Hall–Kier alpha value is -2.69. The molecule has 19 heavy (non-hydrogen) atoms. The van der Waals surface area contributed by atoms with Crippen molar-refractivity contribution in [1.29, 1.82) is 0 Å². The molecule has 0 unspecified atom stereocenters. The minimum Gasteiger partial charge on any atom is -0.351 e. The van der Waals surface area contributed by atoms with Crippen LogP contribution in [0, 0.1) is 5.82 Å². The van der Waals surface area contributed by atoms with Crippen molar-refractivity contribution in [2.75, 3.05) is 0 Å². The largest absolute Gasteiger partial charge is 0.351 e. The van der Waals surface area contributed by atoms with Crippen LogP contribution < -0.4 is 11.1 Å². The maximum atomic E-state index is 11.9. The second-order valence-electron chi connectivity index (χ2n) is 3.48. The average Bonchev–Trinajstić information content (AvgIpc) is 2.40. The van der Waals surface area contributed by atoms with Gasteiger partial charge in [0.15, 0.2) is 0 Å². The minimum atomic E-state index is -0.844. The van der Waals surface area contributed by atoms with Gasteiger partial charge in [0.2, 0.25) is 0 Å². The number of amides is 3. The number of carbonyl (C=O) groups excluding carboxylic acids is 2. The third kappa shape index (κ3) is 5.97. The first kappa shape index (κ1) is 14.4. The van der Waals surface area contributed by atoms with Gasteiger partial charge in [-0.05, 0) is 24.3 Å². The third-order valence-electron chi connectivity index (χ3n) is 2.01. The highest BCUT2D eigenvalue weighted by molar-refractivity contribution is 6.03. The quantitative estimate of drug-likeness (QED) is 0.825. The molecular weight excluding hydrogens is 247 g/mol. The Balaban J connectivity index is 0.000000218. The molecule has 0 bridgehead atoms. The van der Waals surface area contributed by atoms with Crippen molar-refractivity contribution in [3.63, 3.8) is 0 Å². The van der Waals surface area contributed by atoms with Crippen molar-refractivity contribution in [3.8, 4) is 0 Å². The summed E-state index contributed by atoms with van der Waals surface area (Å²) < 4.78 is 11.9. The highest BCUT2D eigenvalue weighted by Crippen LogP contribution is 1.96. The fourth-order valence-corrected chi connectivity index (χ4v) is 1.19. The lowest BCUT2D eigenvalue weighted by Crippen LogP contribution is -2.34. The SMILES string of the molecule is Fc1ccccc1.NC(=O)NC(=O)c1ccccc1. The van der Waals surface area contributed by atoms with Crippen LogP contribution in [-0.2, 0) is 0 Å². The Morgan fingerprint density at radius 2 is 1.37 bits per heavy atom. The maximum Gasteiger partial charge on any atom is 0.319 e. The van der Waals surface area contributed by atoms with E-state index in [9.17, 15) is 14.0 Å². The molecule has 0 aromatic heterocycles. The van der Waals surface area contributed by atoms with E-state index in [4.69, 9.17) is 5.73 Å². The van der Waals surface area contributed by atoms with E-state index in [0.29, 0.717) is 5.56 Å². The van der Waals surface area contributed by atoms with Crippen LogP contribution in [0.2, 0.25) is 0 Å². The second kappa shape index (κ2) is 7.60. The number of carbonyl (C=O) groups is 2. The van der Waals surface area contributed by atoms with Gasteiger partial charge in [0.05, 0.1) is 0 Å². The first-order valence-electron chi connectivity index (χ1n) is 5.46. The summed E-state index contributed by atoms with van der Waals surface area (Å²) in [5.74, 6) is -0.661. The minimum absolute atomic E-state index is 0.178. The summed E-state index contributed by atoms with van der Waals surface area (Å²) in [6, 6.07) is 15.5. The van der Waals surface area contributed by atoms with Crippen LogP contribution >= 0.6 is 0 Å². The molecule has 5 heteroatoms. The van der Waals surface area contributed by atoms with Gasteiger partial charge in [-0.15, -0.1) is 0 Å². The molecule has 0 aliphatic heterocycles. The summed E-state index contributed by atoms with van der Waals surface area (Å²) in [5.41, 5.74) is 5.17. The molecule has 0 atom stereocenters. The van der Waals surface area contributed by atoms with Gasteiger partial charge in [0.1, 0.15) is 5.82 Å². The number of imide groups is 1. The molecule has 2 aromatic carbocycles. The van der Waals surface area contributed by atoms with Crippen molar-refractivity contribution < 1.29 is 14.0 Å². The van der Waals surface area contributed by atoms with Crippen molar-refractivity contribution in [2.45, 2.75) is 0 Å². The zero-order chi connectivity index (χ0) is 14.1. The van der Waals surface area contributed by atoms with E-state index in [2.05, 4.69) is 0 Å². The van der Waals surface area contributed by atoms with Crippen LogP contribution in [0.1, 0.15) is 10.4 Å². The highest BCUT2D eigenvalue weighted by atomic mass is 19.1. The number of hydrogen-bond donors (Lipinski definition) is 2. The number of hydrogen-bond acceptors (Lipinski definition) is 2. The summed E-state index contributed by atoms with van der Waals surface area (Å²) in [6.45, 7) is 0. The van der Waals surface area contributed by atoms with Gasteiger partial charge in [-0.3, -0.25) is 10.1 Å². The van der Waals surface area contributed by atoms with Crippen molar-refractivity contribution in [2.24, 2.45) is 5.73 Å². The number of nitrogens with two attached hydrogens (primary N) is 1. The lowest BCUT2D eigenvalue weighted by atomic mass is 10.2. The van der Waals surface area contributed by atoms with Gasteiger partial charge in [0, 0.05) is 5.56 Å². The number of urea groups is 1. The molecule has 3 N–H and O–H groups in total. The standard InChI is InChI=1S/C8H8N2O2.C6H5F/c9-8(12)10-7(11)6-4-2-1-3-5-6;7-6-4-2-1-3-5-6/h1-5H,(H3,9,10,11,12);1-5H. The zero-order valence-electron chi connectivity index (χ0n) is 10.0. The van der Waals surface area contributed by atoms with Crippen LogP contribution in [0.5, 0.6) is 0 Å². The Bertz CT molecular complexity index is 530. The molecule has 2 aromatic rings. The third-order valence-corrected chi connectivity index (χ3v) is 2.01. The topological polar surface area (TPSA) is 72.2 Å². The molecule has 0 heterocycles. The van der Waals surface area contributed by atoms with E-state index < -0.39 is 11.9 Å². The summed E-state index contributed by atoms with van der Waals surface area (Å²) >= 11 is 0. The molecule has 98 valence electrons. The average molecular weight is 260 g/mol. The van der Waals surface area contributed by atoms with Gasteiger partial charge < -0.3 is 5.73 Å². The zero-order valence-corrected chi connectivity index (χ0v) is 10.0. The van der Waals surface area contributed by atoms with E-state index in [1.54, 1.807) is 48.5 Å². The molecule has 0 aliphatic carbocycles. The summed E-state index contributed by atoms with van der Waals surface area (Å²) in [5, 5.41) is 1.96. The molecule has 2 rings (SSSR count). The fourth-order valence-electron chi connectivity index (χ4n) is 1.19. The Labute approximate surface area is 110 Å². The van der Waals surface area contributed by atoms with Gasteiger partial charge >= 0.3 is 6.03 Å². The van der Waals surface area contributed by atoms with Crippen LogP contribution in [-0.4, -0.2) is 11.9 Å². The monoisotopic (exact) mass is 260 g/mol. The van der Waals surface area contributed by atoms with Gasteiger partial charge in [0.25, 0.3) is 5.91 Å². The molecule has 0 aliphatic rings. The Morgan fingerprint density at radius 3 is 1.74 bits per heavy atom. The first-order valence-corrected chi connectivity index (χ1v) is 5.46. The van der Waals surface area contributed by atoms with Crippen LogP contribution in [0.15, 0.2) is 60.7 Å². The summed E-state index contributed by atoms with van der Waals surface area (Å²) in [7, 11) is 0. The van der Waals surface area contributed by atoms with Crippen LogP contribution in [0.4, 0.5) is 9.18 Å². The Morgan fingerprint density at radius 1 is 0.895 bits per heavy atom. The van der Waals surface area contributed by atoms with E-state index in [0.717, 1.165) is 0 Å². The normalized spacial score (nSPS) is 8.89. The van der Waals surface area contributed by atoms with Gasteiger partial charge in [-0.25, -0.2) is 9.18 Å². The lowest BCUT2D eigenvalue weighted by molar-refractivity contribution is 0.0966. The van der Waals surface area contributed by atoms with Crippen LogP contribution in [0.3, 0.4) is 0 Å². The number of nitrogens with one attached hydrogen (secondary N) is 1. The summed E-state index contributed by atoms with van der Waals surface area (Å²) in [6.07, 6.45) is 0. The number of rotatable bonds is 1. The molecule has 3 amide bonds. The van der Waals surface area contributed by atoms with Crippen molar-refractivity contribution in [3.05, 3.63) is 72.0 Å². The molecule has 0 saturated carbocycles. The number of primary amides is 1. The Kier molecular flexibility index (Phi) is 5.75. The van der Waals surface area contributed by atoms with E-state index in [1.807, 2.05) is 5.32 Å². The second-order valence-corrected chi connectivity index (χ2v) is 3.48. The van der Waals surface area contributed by atoms with Crippen molar-refractivity contribution >= 4 is 11.9 Å². The molecule has 0 spiro atoms. The molecule has 4 nitrogen and oxygen atoms in total. The number of halogens is 1. The smallest absolute Gasteiger partial charge is 0.319 e. The summed E-state index contributed by atoms with van der Waals surface area (Å²) in [4.78, 5) is 21.3. The van der Waals surface area contributed by atoms with Gasteiger partial charge in [-0.2, -0.15) is 0 Å². The number of benzene rings is 2. The first-order chi connectivity index (χ1) is 9.09. The molecule has 0 radical (unpaired) electrons. The van der Waals surface area contributed by atoms with E-state index in [1.165, 1.54) is 12.1 Å². The molecule has 0 fully saturated rings. The molecule has 0 saturated heterocycles. The van der Waals surface area contributed by atoms with E-state index in [-0.39, 0.29) is 5.82 Å². The predicted molar refractivity (Wildman–Crippen MR) is 69.9 cm³/mol. The maximum absolute atomic E-state index is 11.9. The lowest BCUT2D eigenvalue weighted by Gasteiger charge is -1.98. The van der Waals surface area contributed by atoms with E-state index >= 15 is 0 Å². The highest BCUT2D eigenvalue weighted by Gasteiger charge is 2.05. The predicted octanol–water partition coefficient (Wildman–Crippen LogP) is 2.32.